The van der Waals surface area contributed by atoms with Crippen LogP contribution < -0.4 is 5.32 Å². The van der Waals surface area contributed by atoms with E-state index >= 15 is 0 Å². The molecule has 0 saturated carbocycles. The lowest BCUT2D eigenvalue weighted by atomic mass is 10.0. The molecule has 0 radical (unpaired) electrons. The third kappa shape index (κ3) is 4.51. The van der Waals surface area contributed by atoms with Crippen molar-refractivity contribution in [3.05, 3.63) is 84.7 Å². The number of rotatable bonds is 4. The Bertz CT molecular complexity index is 860. The van der Waals surface area contributed by atoms with Crippen molar-refractivity contribution in [3.8, 4) is 11.1 Å². The van der Waals surface area contributed by atoms with E-state index in [-0.39, 0.29) is 0 Å². The number of hydrogen-bond acceptors (Lipinski definition) is 4. The van der Waals surface area contributed by atoms with Crippen molar-refractivity contribution in [1.29, 1.82) is 0 Å². The third-order valence-corrected chi connectivity index (χ3v) is 3.60. The van der Waals surface area contributed by atoms with Gasteiger partial charge in [-0.05, 0) is 47.9 Å². The molecule has 0 fully saturated rings. The van der Waals surface area contributed by atoms with E-state index in [1.165, 1.54) is 0 Å². The lowest BCUT2D eigenvalue weighted by Gasteiger charge is -2.05. The maximum atomic E-state index is 11.7. The summed E-state index contributed by atoms with van der Waals surface area (Å²) < 4.78 is 0. The Morgan fingerprint density at radius 1 is 0.920 bits per heavy atom. The molecule has 0 unspecified atom stereocenters. The quantitative estimate of drug-likeness (QED) is 0.427. The fourth-order valence-electron chi connectivity index (χ4n) is 2.27. The predicted octanol–water partition coefficient (Wildman–Crippen LogP) is 4.72. The second kappa shape index (κ2) is 7.88. The Labute approximate surface area is 146 Å². The van der Waals surface area contributed by atoms with Gasteiger partial charge in [-0.3, -0.25) is 15.1 Å². The van der Waals surface area contributed by atoms with Gasteiger partial charge in [0.1, 0.15) is 0 Å². The van der Waals surface area contributed by atoms with Crippen LogP contribution in [0.1, 0.15) is 12.5 Å². The molecular formula is C20H17N3O2. The zero-order chi connectivity index (χ0) is 17.5. The number of amides is 1. The zero-order valence-electron chi connectivity index (χ0n) is 13.7. The SMILES string of the molecule is C/C(=N\OC(=O)Nc1ccccc1)c1ccc(-c2ccncc2)cc1. The molecule has 0 atom stereocenters. The molecule has 0 bridgehead atoms. The van der Waals surface area contributed by atoms with Crippen LogP contribution in [0.5, 0.6) is 0 Å². The van der Waals surface area contributed by atoms with E-state index in [4.69, 9.17) is 4.84 Å². The first-order valence-corrected chi connectivity index (χ1v) is 7.81. The van der Waals surface area contributed by atoms with Crippen LogP contribution in [0, 0.1) is 0 Å². The van der Waals surface area contributed by atoms with E-state index < -0.39 is 6.09 Å². The summed E-state index contributed by atoms with van der Waals surface area (Å²) in [7, 11) is 0. The number of anilines is 1. The monoisotopic (exact) mass is 331 g/mol. The standard InChI is InChI=1S/C20H17N3O2/c1-15(23-25-20(24)22-19-5-3-2-4-6-19)16-7-9-17(10-8-16)18-11-13-21-14-12-18/h2-14H,1H3,(H,22,24)/b23-15+. The van der Waals surface area contributed by atoms with Gasteiger partial charge in [-0.2, -0.15) is 0 Å². The van der Waals surface area contributed by atoms with Crippen LogP contribution >= 0.6 is 0 Å². The molecule has 1 N–H and O–H groups in total. The fourth-order valence-corrected chi connectivity index (χ4v) is 2.27. The summed E-state index contributed by atoms with van der Waals surface area (Å²) in [5.41, 5.74) is 4.33. The van der Waals surface area contributed by atoms with E-state index in [9.17, 15) is 4.79 Å². The lowest BCUT2D eigenvalue weighted by molar-refractivity contribution is 0.166. The summed E-state index contributed by atoms with van der Waals surface area (Å²) in [6.07, 6.45) is 2.89. The van der Waals surface area contributed by atoms with Crippen molar-refractivity contribution >= 4 is 17.5 Å². The first-order chi connectivity index (χ1) is 12.2. The highest BCUT2D eigenvalue weighted by Gasteiger charge is 2.04. The van der Waals surface area contributed by atoms with Gasteiger partial charge in [0.2, 0.25) is 0 Å². The molecule has 1 amide bonds. The fraction of sp³-hybridized carbons (Fsp3) is 0.0500. The summed E-state index contributed by atoms with van der Waals surface area (Å²) in [5, 5.41) is 6.49. The van der Waals surface area contributed by atoms with Crippen LogP contribution in [0.15, 0.2) is 84.3 Å². The van der Waals surface area contributed by atoms with Gasteiger partial charge < -0.3 is 0 Å². The Morgan fingerprint density at radius 2 is 1.56 bits per heavy atom. The van der Waals surface area contributed by atoms with E-state index in [1.54, 1.807) is 31.5 Å². The summed E-state index contributed by atoms with van der Waals surface area (Å²) in [6, 6.07) is 20.8. The molecule has 0 aliphatic rings. The van der Waals surface area contributed by atoms with E-state index in [0.717, 1.165) is 16.7 Å². The molecule has 5 heteroatoms. The molecule has 0 saturated heterocycles. The van der Waals surface area contributed by atoms with Crippen LogP contribution in [0.25, 0.3) is 11.1 Å². The Morgan fingerprint density at radius 3 is 2.24 bits per heavy atom. The minimum atomic E-state index is -0.626. The lowest BCUT2D eigenvalue weighted by Crippen LogP contribution is -2.11. The van der Waals surface area contributed by atoms with Gasteiger partial charge in [-0.15, -0.1) is 0 Å². The number of carbonyl (C=O) groups is 1. The van der Waals surface area contributed by atoms with E-state index in [2.05, 4.69) is 15.5 Å². The molecule has 25 heavy (non-hydrogen) atoms. The second-order valence-electron chi connectivity index (χ2n) is 5.36. The van der Waals surface area contributed by atoms with Crippen LogP contribution in [0.2, 0.25) is 0 Å². The number of para-hydroxylation sites is 1. The van der Waals surface area contributed by atoms with Gasteiger partial charge in [0, 0.05) is 18.1 Å². The van der Waals surface area contributed by atoms with Gasteiger partial charge in [-0.1, -0.05) is 47.6 Å². The number of hydrogen-bond donors (Lipinski definition) is 1. The molecule has 124 valence electrons. The van der Waals surface area contributed by atoms with Crippen LogP contribution in [0.3, 0.4) is 0 Å². The third-order valence-electron chi connectivity index (χ3n) is 3.60. The number of nitrogens with one attached hydrogen (secondary N) is 1. The minimum Gasteiger partial charge on any atom is -0.298 e. The van der Waals surface area contributed by atoms with Crippen molar-refractivity contribution in [2.24, 2.45) is 5.16 Å². The molecule has 3 rings (SSSR count). The molecule has 2 aromatic carbocycles. The van der Waals surface area contributed by atoms with Crippen molar-refractivity contribution < 1.29 is 9.63 Å². The number of benzene rings is 2. The highest BCUT2D eigenvalue weighted by atomic mass is 16.7. The minimum absolute atomic E-state index is 0.615. The average Bonchev–Trinajstić information content (AvgIpc) is 2.68. The molecule has 0 spiro atoms. The first-order valence-electron chi connectivity index (χ1n) is 7.81. The summed E-state index contributed by atoms with van der Waals surface area (Å²) in [5.74, 6) is 0. The van der Waals surface area contributed by atoms with Crippen LogP contribution in [0.4, 0.5) is 10.5 Å². The molecule has 1 heterocycles. The number of aromatic nitrogens is 1. The number of oxime groups is 1. The van der Waals surface area contributed by atoms with E-state index in [1.807, 2.05) is 54.6 Å². The topological polar surface area (TPSA) is 63.6 Å². The summed E-state index contributed by atoms with van der Waals surface area (Å²) in [4.78, 5) is 20.7. The van der Waals surface area contributed by atoms with Gasteiger partial charge in [0.15, 0.2) is 0 Å². The van der Waals surface area contributed by atoms with Gasteiger partial charge in [0.05, 0.1) is 5.71 Å². The van der Waals surface area contributed by atoms with Crippen molar-refractivity contribution in [3.63, 3.8) is 0 Å². The molecule has 5 nitrogen and oxygen atoms in total. The average molecular weight is 331 g/mol. The zero-order valence-corrected chi connectivity index (χ0v) is 13.7. The summed E-state index contributed by atoms with van der Waals surface area (Å²) >= 11 is 0. The smallest absolute Gasteiger partial charge is 0.298 e. The molecule has 1 aromatic heterocycles. The van der Waals surface area contributed by atoms with Crippen LogP contribution in [-0.4, -0.2) is 16.8 Å². The maximum Gasteiger partial charge on any atom is 0.437 e. The van der Waals surface area contributed by atoms with Gasteiger partial charge in [-0.25, -0.2) is 4.79 Å². The van der Waals surface area contributed by atoms with Gasteiger partial charge in [0.25, 0.3) is 0 Å². The Balaban J connectivity index is 1.63. The van der Waals surface area contributed by atoms with E-state index in [0.29, 0.717) is 11.4 Å². The number of carbonyl (C=O) groups excluding carboxylic acids is 1. The number of nitrogens with zero attached hydrogens (tertiary/aromatic N) is 2. The summed E-state index contributed by atoms with van der Waals surface area (Å²) in [6.45, 7) is 1.79. The second-order valence-corrected chi connectivity index (χ2v) is 5.36. The highest BCUT2D eigenvalue weighted by Crippen LogP contribution is 2.19. The molecule has 0 aliphatic carbocycles. The molecule has 3 aromatic rings. The van der Waals surface area contributed by atoms with Gasteiger partial charge >= 0.3 is 6.09 Å². The maximum absolute atomic E-state index is 11.7. The predicted molar refractivity (Wildman–Crippen MR) is 98.4 cm³/mol. The number of pyridine rings is 1. The molecule has 0 aliphatic heterocycles. The Hall–Kier alpha value is -3.47. The Kier molecular flexibility index (Phi) is 5.16. The van der Waals surface area contributed by atoms with Crippen LogP contribution in [-0.2, 0) is 4.84 Å². The van der Waals surface area contributed by atoms with Crippen molar-refractivity contribution in [1.82, 2.24) is 4.98 Å². The molecular weight excluding hydrogens is 314 g/mol. The normalized spacial score (nSPS) is 11.0. The first kappa shape index (κ1) is 16.4. The van der Waals surface area contributed by atoms with Crippen molar-refractivity contribution in [2.75, 3.05) is 5.32 Å². The highest BCUT2D eigenvalue weighted by molar-refractivity contribution is 5.99. The van der Waals surface area contributed by atoms with Crippen molar-refractivity contribution in [2.45, 2.75) is 6.92 Å². The largest absolute Gasteiger partial charge is 0.437 e.